The maximum atomic E-state index is 13.1. The summed E-state index contributed by atoms with van der Waals surface area (Å²) in [5.41, 5.74) is 5.04. The molecule has 0 saturated heterocycles. The number of nitrogens with one attached hydrogen (secondary N) is 3. The van der Waals surface area contributed by atoms with E-state index in [1.807, 2.05) is 42.5 Å². The first-order chi connectivity index (χ1) is 21.5. The maximum absolute atomic E-state index is 13.1. The third-order valence-corrected chi connectivity index (χ3v) is 7.18. The van der Waals surface area contributed by atoms with Gasteiger partial charge in [0.1, 0.15) is 10.3 Å². The summed E-state index contributed by atoms with van der Waals surface area (Å²) in [6, 6.07) is 22.0. The summed E-state index contributed by atoms with van der Waals surface area (Å²) in [6.45, 7) is 0. The van der Waals surface area contributed by atoms with E-state index in [0.29, 0.717) is 39.3 Å². The highest BCUT2D eigenvalue weighted by atomic mass is 79.9. The van der Waals surface area contributed by atoms with Crippen LogP contribution in [0.3, 0.4) is 0 Å². The predicted octanol–water partition coefficient (Wildman–Crippen LogP) is 6.25. The molecular weight excluding hydrogens is 620 g/mol. The van der Waals surface area contributed by atoms with Crippen molar-refractivity contribution >= 4 is 73.2 Å². The van der Waals surface area contributed by atoms with E-state index >= 15 is 0 Å². The van der Waals surface area contributed by atoms with E-state index in [1.165, 1.54) is 6.20 Å². The van der Waals surface area contributed by atoms with Crippen LogP contribution in [-0.2, 0) is 11.2 Å². The molecule has 0 aliphatic carbocycles. The molecule has 6 aromatic rings. The van der Waals surface area contributed by atoms with Gasteiger partial charge in [-0.2, -0.15) is 0 Å². The zero-order valence-corrected chi connectivity index (χ0v) is 24.6. The van der Waals surface area contributed by atoms with Crippen LogP contribution in [-0.4, -0.2) is 42.9 Å². The third-order valence-electron chi connectivity index (χ3n) is 6.74. The first kappa shape index (κ1) is 28.4. The Hall–Kier alpha value is -5.68. The Balaban J connectivity index is 1.18. The van der Waals surface area contributed by atoms with Gasteiger partial charge in [0, 0.05) is 47.7 Å². The van der Waals surface area contributed by atoms with Crippen molar-refractivity contribution in [3.05, 3.63) is 130 Å². The van der Waals surface area contributed by atoms with Crippen molar-refractivity contribution in [3.8, 4) is 0 Å². The van der Waals surface area contributed by atoms with Crippen LogP contribution in [0, 0.1) is 5.41 Å². The van der Waals surface area contributed by atoms with Crippen molar-refractivity contribution in [1.29, 1.82) is 5.41 Å². The smallest absolute Gasteiger partial charge is 0.275 e. The molecule has 0 radical (unpaired) electrons. The molecule has 0 spiro atoms. The van der Waals surface area contributed by atoms with Gasteiger partial charge in [0.25, 0.3) is 11.8 Å². The summed E-state index contributed by atoms with van der Waals surface area (Å²) in [7, 11) is 0. The molecule has 0 bridgehead atoms. The molecule has 4 aromatic heterocycles. The molecule has 11 heteroatoms. The lowest BCUT2D eigenvalue weighted by Gasteiger charge is -2.12. The molecule has 0 unspecified atom stereocenters. The average Bonchev–Trinajstić information content (AvgIpc) is 3.05. The number of carbonyl (C=O) groups is 2. The predicted molar refractivity (Wildman–Crippen MR) is 174 cm³/mol. The summed E-state index contributed by atoms with van der Waals surface area (Å²) >= 11 is 3.32. The van der Waals surface area contributed by atoms with Gasteiger partial charge >= 0.3 is 0 Å². The van der Waals surface area contributed by atoms with Gasteiger partial charge in [0.2, 0.25) is 0 Å². The van der Waals surface area contributed by atoms with Gasteiger partial charge in [0.05, 0.1) is 39.9 Å². The van der Waals surface area contributed by atoms with Gasteiger partial charge in [-0.3, -0.25) is 24.5 Å². The first-order valence-corrected chi connectivity index (χ1v) is 14.3. The van der Waals surface area contributed by atoms with E-state index in [-0.39, 0.29) is 17.2 Å². The fraction of sp³-hybridized carbons (Fsp3) is 0.0303. The van der Waals surface area contributed by atoms with Crippen LogP contribution in [0.15, 0.2) is 108 Å². The number of benzene rings is 2. The Labute approximate surface area is 260 Å². The van der Waals surface area contributed by atoms with Gasteiger partial charge in [-0.05, 0) is 76.1 Å². The topological polar surface area (TPSA) is 146 Å². The lowest BCUT2D eigenvalue weighted by Crippen LogP contribution is -2.16. The largest absolute Gasteiger partial charge is 0.321 e. The standard InChI is InChI=1S/C33H23BrN8O2/c34-30-7-1-5-23(40-30)16-22(17-35)32(43)42-28-10-8-20(26-6-3-13-37-31(26)28)14-25-18-39-29(19-38-25)33(44)41-24-9-11-27-21(15-24)4-2-12-36-27/h1-13,15-19,35H,14H2,(H,41,44)(H,42,43)/b22-16+,35-17?. The molecule has 6 rings (SSSR count). The summed E-state index contributed by atoms with van der Waals surface area (Å²) in [4.78, 5) is 47.8. The number of hydrogen-bond donors (Lipinski definition) is 3. The van der Waals surface area contributed by atoms with Crippen molar-refractivity contribution in [3.63, 3.8) is 0 Å². The summed E-state index contributed by atoms with van der Waals surface area (Å²) in [5, 5.41) is 15.2. The lowest BCUT2D eigenvalue weighted by molar-refractivity contribution is -0.112. The molecule has 3 N–H and O–H groups in total. The number of carbonyl (C=O) groups excluding carboxylic acids is 2. The van der Waals surface area contributed by atoms with Crippen LogP contribution < -0.4 is 10.6 Å². The molecule has 0 aliphatic rings. The second-order valence-corrected chi connectivity index (χ2v) is 10.5. The van der Waals surface area contributed by atoms with Crippen LogP contribution in [0.1, 0.15) is 27.4 Å². The molecule has 0 saturated carbocycles. The molecule has 0 fully saturated rings. The Morgan fingerprint density at radius 1 is 0.864 bits per heavy atom. The first-order valence-electron chi connectivity index (χ1n) is 13.5. The number of nitrogens with zero attached hydrogens (tertiary/aromatic N) is 5. The highest BCUT2D eigenvalue weighted by Gasteiger charge is 2.15. The summed E-state index contributed by atoms with van der Waals surface area (Å²) in [5.74, 6) is -0.822. The fourth-order valence-electron chi connectivity index (χ4n) is 4.62. The van der Waals surface area contributed by atoms with Gasteiger partial charge in [-0.25, -0.2) is 9.97 Å². The molecule has 0 aliphatic heterocycles. The maximum Gasteiger partial charge on any atom is 0.275 e. The fourth-order valence-corrected chi connectivity index (χ4v) is 4.98. The minimum absolute atomic E-state index is 0.140. The zero-order valence-electron chi connectivity index (χ0n) is 23.0. The molecule has 2 amide bonds. The lowest BCUT2D eigenvalue weighted by atomic mass is 10.0. The number of aromatic nitrogens is 5. The van der Waals surface area contributed by atoms with Gasteiger partial charge in [-0.1, -0.05) is 24.3 Å². The van der Waals surface area contributed by atoms with Crippen molar-refractivity contribution in [2.45, 2.75) is 6.42 Å². The quantitative estimate of drug-likeness (QED) is 0.101. The molecule has 214 valence electrons. The Kier molecular flexibility index (Phi) is 8.19. The number of halogens is 1. The van der Waals surface area contributed by atoms with Crippen molar-refractivity contribution < 1.29 is 9.59 Å². The minimum atomic E-state index is -0.457. The molecule has 44 heavy (non-hydrogen) atoms. The van der Waals surface area contributed by atoms with Gasteiger partial charge in [-0.15, -0.1) is 0 Å². The second kappa shape index (κ2) is 12.7. The Bertz CT molecular complexity index is 2080. The van der Waals surface area contributed by atoms with Crippen LogP contribution in [0.25, 0.3) is 27.9 Å². The van der Waals surface area contributed by atoms with Crippen LogP contribution in [0.4, 0.5) is 11.4 Å². The highest BCUT2D eigenvalue weighted by molar-refractivity contribution is 9.10. The highest BCUT2D eigenvalue weighted by Crippen LogP contribution is 2.27. The summed E-state index contributed by atoms with van der Waals surface area (Å²) in [6.07, 6.45) is 9.37. The van der Waals surface area contributed by atoms with E-state index in [4.69, 9.17) is 5.41 Å². The zero-order chi connectivity index (χ0) is 30.5. The van der Waals surface area contributed by atoms with Crippen molar-refractivity contribution in [2.75, 3.05) is 10.6 Å². The van der Waals surface area contributed by atoms with E-state index < -0.39 is 5.91 Å². The normalized spacial score (nSPS) is 11.3. The van der Waals surface area contributed by atoms with E-state index in [9.17, 15) is 9.59 Å². The number of anilines is 2. The SMILES string of the molecule is N=C/C(=C\c1cccc(Br)n1)C(=O)Nc1ccc(Cc2cnc(C(=O)Nc3ccc4ncccc4c3)cn2)c2cccnc12. The Morgan fingerprint density at radius 2 is 1.73 bits per heavy atom. The van der Waals surface area contributed by atoms with Crippen molar-refractivity contribution in [2.24, 2.45) is 0 Å². The number of hydrogen-bond acceptors (Lipinski definition) is 8. The number of amides is 2. The number of fused-ring (bicyclic) bond motifs is 2. The van der Waals surface area contributed by atoms with Crippen LogP contribution in [0.2, 0.25) is 0 Å². The summed E-state index contributed by atoms with van der Waals surface area (Å²) < 4.78 is 0.628. The van der Waals surface area contributed by atoms with E-state index in [1.54, 1.807) is 55.0 Å². The van der Waals surface area contributed by atoms with Crippen LogP contribution >= 0.6 is 15.9 Å². The minimum Gasteiger partial charge on any atom is -0.321 e. The monoisotopic (exact) mass is 642 g/mol. The third kappa shape index (κ3) is 6.37. The second-order valence-electron chi connectivity index (χ2n) is 9.69. The molecule has 4 heterocycles. The van der Waals surface area contributed by atoms with Gasteiger partial charge in [0.15, 0.2) is 0 Å². The number of rotatable bonds is 8. The van der Waals surface area contributed by atoms with Crippen LogP contribution in [0.5, 0.6) is 0 Å². The number of pyridine rings is 3. The average molecular weight is 644 g/mol. The molecule has 2 aromatic carbocycles. The van der Waals surface area contributed by atoms with E-state index in [2.05, 4.69) is 51.5 Å². The Morgan fingerprint density at radius 3 is 2.55 bits per heavy atom. The molecule has 10 nitrogen and oxygen atoms in total. The van der Waals surface area contributed by atoms with Crippen molar-refractivity contribution in [1.82, 2.24) is 24.9 Å². The molecular formula is C33H23BrN8O2. The van der Waals surface area contributed by atoms with Gasteiger partial charge < -0.3 is 16.0 Å². The van der Waals surface area contributed by atoms with E-state index in [0.717, 1.165) is 28.1 Å². The molecule has 0 atom stereocenters.